The largest absolute Gasteiger partial charge is 0.504 e. The molecule has 4 heterocycles. The van der Waals surface area contributed by atoms with Crippen LogP contribution in [0.15, 0.2) is 36.4 Å². The summed E-state index contributed by atoms with van der Waals surface area (Å²) in [6.07, 6.45) is 1.95. The Morgan fingerprint density at radius 1 is 1.18 bits per heavy atom. The number of nitrogens with one attached hydrogen (secondary N) is 1. The summed E-state index contributed by atoms with van der Waals surface area (Å²) in [7, 11) is 1.35. The number of anilines is 1. The Balaban J connectivity index is 1.40. The highest BCUT2D eigenvalue weighted by molar-refractivity contribution is 5.99. The summed E-state index contributed by atoms with van der Waals surface area (Å²) in [5.41, 5.74) is 0.345. The van der Waals surface area contributed by atoms with E-state index in [0.29, 0.717) is 44.4 Å². The van der Waals surface area contributed by atoms with Crippen LogP contribution in [0.5, 0.6) is 11.5 Å². The van der Waals surface area contributed by atoms with E-state index in [2.05, 4.69) is 10.2 Å². The summed E-state index contributed by atoms with van der Waals surface area (Å²) >= 11 is 0. The number of hydrogen-bond donors (Lipinski definition) is 3. The van der Waals surface area contributed by atoms with Gasteiger partial charge in [-0.1, -0.05) is 24.3 Å². The van der Waals surface area contributed by atoms with Gasteiger partial charge in [0.25, 0.3) is 6.47 Å². The predicted octanol–water partition coefficient (Wildman–Crippen LogP) is 2.51. The maximum Gasteiger partial charge on any atom is 0.344 e. The van der Waals surface area contributed by atoms with Gasteiger partial charge in [-0.05, 0) is 60.8 Å². The minimum absolute atomic E-state index is 0.0178. The van der Waals surface area contributed by atoms with Crippen molar-refractivity contribution in [2.24, 2.45) is 17.8 Å². The number of esters is 2. The standard InChI is InChI=1S/C29H30N2O8/c1-37-26(35)23-16-12-22-29-28(17-4-2-3-5-19(17)30-29,18-7-8-20(33)25(34)24(18)27(36)39-29)10-11-31(22)13-15(16)6-9-21(23)38-14-32/h2-5,7-8,14-16,21-23,30,33-34H,6,9-13H2,1H3/t15-,16-,21-,22-,23+,28+,29-/m0/s1. The molecule has 1 aliphatic carbocycles. The number of hydrogen-bond acceptors (Lipinski definition) is 10. The number of aromatic hydroxyl groups is 2. The molecule has 7 rings (SSSR count). The average molecular weight is 535 g/mol. The molecule has 0 unspecified atom stereocenters. The van der Waals surface area contributed by atoms with Crippen molar-refractivity contribution in [3.8, 4) is 11.5 Å². The van der Waals surface area contributed by atoms with Crippen LogP contribution >= 0.6 is 0 Å². The maximum atomic E-state index is 13.6. The van der Waals surface area contributed by atoms with E-state index in [-0.39, 0.29) is 29.2 Å². The number of piperidine rings is 2. The molecule has 204 valence electrons. The molecular weight excluding hydrogens is 504 g/mol. The van der Waals surface area contributed by atoms with Gasteiger partial charge in [-0.15, -0.1) is 0 Å². The number of rotatable bonds is 3. The molecule has 2 aromatic rings. The fourth-order valence-corrected chi connectivity index (χ4v) is 8.57. The Hall–Kier alpha value is -3.79. The van der Waals surface area contributed by atoms with Gasteiger partial charge in [-0.3, -0.25) is 14.5 Å². The van der Waals surface area contributed by atoms with Crippen molar-refractivity contribution < 1.29 is 38.8 Å². The van der Waals surface area contributed by atoms with Crippen molar-refractivity contribution in [3.63, 3.8) is 0 Å². The number of nitrogens with zero attached hydrogens (tertiary/aromatic N) is 1. The molecule has 3 fully saturated rings. The zero-order chi connectivity index (χ0) is 27.1. The molecule has 39 heavy (non-hydrogen) atoms. The summed E-state index contributed by atoms with van der Waals surface area (Å²) in [6.45, 7) is 1.82. The predicted molar refractivity (Wildman–Crippen MR) is 136 cm³/mol. The fraction of sp³-hybridized carbons (Fsp3) is 0.483. The van der Waals surface area contributed by atoms with E-state index in [1.54, 1.807) is 6.07 Å². The highest BCUT2D eigenvalue weighted by atomic mass is 16.6. The summed E-state index contributed by atoms with van der Waals surface area (Å²) in [5, 5.41) is 24.6. The van der Waals surface area contributed by atoms with Crippen LogP contribution in [0.25, 0.3) is 0 Å². The van der Waals surface area contributed by atoms with Crippen molar-refractivity contribution in [2.75, 3.05) is 25.5 Å². The first-order valence-corrected chi connectivity index (χ1v) is 13.4. The van der Waals surface area contributed by atoms with Crippen LogP contribution in [0.2, 0.25) is 0 Å². The van der Waals surface area contributed by atoms with Crippen LogP contribution in [-0.2, 0) is 29.2 Å². The van der Waals surface area contributed by atoms with Crippen molar-refractivity contribution in [1.82, 2.24) is 4.90 Å². The molecule has 10 heteroatoms. The average Bonchev–Trinajstić information content (AvgIpc) is 3.25. The zero-order valence-electron chi connectivity index (χ0n) is 21.5. The minimum atomic E-state index is -1.22. The lowest BCUT2D eigenvalue weighted by Crippen LogP contribution is -2.75. The lowest BCUT2D eigenvalue weighted by atomic mass is 9.56. The molecule has 4 aliphatic heterocycles. The van der Waals surface area contributed by atoms with E-state index in [4.69, 9.17) is 14.2 Å². The molecule has 5 aliphatic rings. The second-order valence-corrected chi connectivity index (χ2v) is 11.4. The highest BCUT2D eigenvalue weighted by Gasteiger charge is 2.72. The van der Waals surface area contributed by atoms with E-state index in [1.165, 1.54) is 13.2 Å². The third kappa shape index (κ3) is 2.98. The number of para-hydroxylation sites is 1. The molecule has 3 N–H and O–H groups in total. The van der Waals surface area contributed by atoms with Gasteiger partial charge in [-0.2, -0.15) is 0 Å². The lowest BCUT2D eigenvalue weighted by molar-refractivity contribution is -0.179. The van der Waals surface area contributed by atoms with Gasteiger partial charge in [0.15, 0.2) is 11.5 Å². The fourth-order valence-electron chi connectivity index (χ4n) is 8.57. The van der Waals surface area contributed by atoms with Crippen molar-refractivity contribution in [3.05, 3.63) is 53.1 Å². The second-order valence-electron chi connectivity index (χ2n) is 11.4. The molecule has 2 aromatic carbocycles. The van der Waals surface area contributed by atoms with Crippen LogP contribution in [-0.4, -0.2) is 71.6 Å². The van der Waals surface area contributed by atoms with E-state index in [9.17, 15) is 24.6 Å². The second kappa shape index (κ2) is 8.35. The van der Waals surface area contributed by atoms with E-state index >= 15 is 0 Å². The zero-order valence-corrected chi connectivity index (χ0v) is 21.5. The van der Waals surface area contributed by atoms with Gasteiger partial charge in [-0.25, -0.2) is 4.79 Å². The first kappa shape index (κ1) is 24.3. The number of phenols is 2. The van der Waals surface area contributed by atoms with Crippen LogP contribution in [0.4, 0.5) is 5.69 Å². The Morgan fingerprint density at radius 3 is 2.79 bits per heavy atom. The summed E-state index contributed by atoms with van der Waals surface area (Å²) < 4.78 is 17.0. The van der Waals surface area contributed by atoms with Gasteiger partial charge in [0.05, 0.1) is 24.5 Å². The van der Waals surface area contributed by atoms with Crippen molar-refractivity contribution >= 4 is 24.1 Å². The van der Waals surface area contributed by atoms with E-state index in [0.717, 1.165) is 17.7 Å². The van der Waals surface area contributed by atoms with Crippen LogP contribution < -0.4 is 5.32 Å². The maximum absolute atomic E-state index is 13.6. The topological polar surface area (TPSA) is 135 Å². The van der Waals surface area contributed by atoms with Crippen molar-refractivity contribution in [1.29, 1.82) is 0 Å². The number of carbonyl (C=O) groups is 3. The van der Waals surface area contributed by atoms with Gasteiger partial charge >= 0.3 is 11.9 Å². The molecule has 0 amide bonds. The molecule has 0 spiro atoms. The number of carbonyl (C=O) groups excluding carboxylic acids is 3. The van der Waals surface area contributed by atoms with E-state index < -0.39 is 40.8 Å². The van der Waals surface area contributed by atoms with Gasteiger partial charge < -0.3 is 29.7 Å². The number of ether oxygens (including phenoxy) is 3. The number of fused-ring (bicyclic) bond motifs is 4. The molecule has 1 saturated carbocycles. The molecule has 2 saturated heterocycles. The molecule has 7 atom stereocenters. The molecule has 0 aromatic heterocycles. The molecular formula is C29H30N2O8. The van der Waals surface area contributed by atoms with E-state index in [1.807, 2.05) is 24.3 Å². The summed E-state index contributed by atoms with van der Waals surface area (Å²) in [4.78, 5) is 40.3. The number of methoxy groups -OCH3 is 1. The SMILES string of the molecule is COC(=O)[C@@H]1[C@H]2C[C@@H]3N(CC[C@]45c6ccccc6N[C@]34OC(=O)c3c5ccc(O)c3O)C[C@@H]2CC[C@@H]1OC=O. The minimum Gasteiger partial charge on any atom is -0.504 e. The molecule has 10 nitrogen and oxygen atoms in total. The monoisotopic (exact) mass is 534 g/mol. The van der Waals surface area contributed by atoms with Gasteiger partial charge in [0, 0.05) is 18.8 Å². The number of phenolic OH excluding ortho intramolecular Hbond substituents is 2. The Bertz CT molecular complexity index is 1400. The van der Waals surface area contributed by atoms with Crippen LogP contribution in [0.1, 0.15) is 47.2 Å². The highest BCUT2D eigenvalue weighted by Crippen LogP contribution is 2.64. The van der Waals surface area contributed by atoms with Crippen LogP contribution in [0, 0.1) is 17.8 Å². The Kier molecular flexibility index (Phi) is 5.20. The number of benzene rings is 2. The lowest BCUT2D eigenvalue weighted by Gasteiger charge is -2.62. The van der Waals surface area contributed by atoms with Crippen LogP contribution in [0.3, 0.4) is 0 Å². The Labute approximate surface area is 224 Å². The van der Waals surface area contributed by atoms with Crippen molar-refractivity contribution in [2.45, 2.75) is 49.0 Å². The first-order valence-electron chi connectivity index (χ1n) is 13.4. The normalized spacial score (nSPS) is 35.9. The summed E-state index contributed by atoms with van der Waals surface area (Å²) in [5.74, 6) is -2.56. The molecule has 0 radical (unpaired) electrons. The first-order chi connectivity index (χ1) is 18.9. The quantitative estimate of drug-likeness (QED) is 0.233. The van der Waals surface area contributed by atoms with Gasteiger partial charge in [0.2, 0.25) is 5.72 Å². The third-order valence-electron chi connectivity index (χ3n) is 10.1. The molecule has 0 bridgehead atoms. The third-order valence-corrected chi connectivity index (χ3v) is 10.1. The van der Waals surface area contributed by atoms with Gasteiger partial charge in [0.1, 0.15) is 11.7 Å². The smallest absolute Gasteiger partial charge is 0.344 e. The Morgan fingerprint density at radius 2 is 2.00 bits per heavy atom. The summed E-state index contributed by atoms with van der Waals surface area (Å²) in [6, 6.07) is 10.7.